The highest BCUT2D eigenvalue weighted by molar-refractivity contribution is 6.30. The number of rotatable bonds is 3. The van der Waals surface area contributed by atoms with Crippen LogP contribution in [0.2, 0.25) is 5.02 Å². The molecule has 1 unspecified atom stereocenters. The lowest BCUT2D eigenvalue weighted by molar-refractivity contribution is -0.133. The second-order valence-corrected chi connectivity index (χ2v) is 5.18. The van der Waals surface area contributed by atoms with Crippen LogP contribution < -0.4 is 5.32 Å². The molecule has 1 atom stereocenters. The van der Waals surface area contributed by atoms with Crippen LogP contribution in [-0.2, 0) is 16.0 Å². The summed E-state index contributed by atoms with van der Waals surface area (Å²) >= 11 is 5.83. The first-order valence-electron chi connectivity index (χ1n) is 6.39. The molecule has 0 saturated carbocycles. The fourth-order valence-corrected chi connectivity index (χ4v) is 2.26. The minimum Gasteiger partial charge on any atom is -0.345 e. The van der Waals surface area contributed by atoms with Gasteiger partial charge in [-0.25, -0.2) is 0 Å². The molecule has 1 aromatic carbocycles. The molecule has 102 valence electrons. The summed E-state index contributed by atoms with van der Waals surface area (Å²) in [5.74, 6) is -0.0744. The van der Waals surface area contributed by atoms with Gasteiger partial charge < -0.3 is 10.2 Å². The quantitative estimate of drug-likeness (QED) is 0.915. The van der Waals surface area contributed by atoms with Gasteiger partial charge in [-0.05, 0) is 31.0 Å². The number of hydrogen-bond donors (Lipinski definition) is 1. The molecular formula is C14H17ClN2O2. The van der Waals surface area contributed by atoms with Crippen molar-refractivity contribution >= 4 is 23.4 Å². The van der Waals surface area contributed by atoms with Gasteiger partial charge in [0.1, 0.15) is 6.04 Å². The predicted octanol–water partition coefficient (Wildman–Crippen LogP) is 1.62. The number of carbonyl (C=O) groups excluding carboxylic acids is 2. The summed E-state index contributed by atoms with van der Waals surface area (Å²) in [5, 5.41) is 3.39. The lowest BCUT2D eigenvalue weighted by Crippen LogP contribution is -2.43. The predicted molar refractivity (Wildman–Crippen MR) is 74.0 cm³/mol. The number of amides is 2. The van der Waals surface area contributed by atoms with Gasteiger partial charge in [0.2, 0.25) is 11.8 Å². The third-order valence-electron chi connectivity index (χ3n) is 3.25. The normalized spacial score (nSPS) is 20.1. The van der Waals surface area contributed by atoms with Crippen molar-refractivity contribution in [2.75, 3.05) is 13.1 Å². The highest BCUT2D eigenvalue weighted by Gasteiger charge is 2.25. The van der Waals surface area contributed by atoms with E-state index in [0.717, 1.165) is 12.0 Å². The highest BCUT2D eigenvalue weighted by atomic mass is 35.5. The average Bonchev–Trinajstić information content (AvgIpc) is 2.50. The summed E-state index contributed by atoms with van der Waals surface area (Å²) in [6.45, 7) is 2.84. The minimum atomic E-state index is -0.430. The molecule has 1 aromatic rings. The number of nitrogens with zero attached hydrogens (tertiary/aromatic N) is 1. The SMILES string of the molecule is CC1NC(=O)CCN(CCc2ccc(Cl)cc2)C1=O. The van der Waals surface area contributed by atoms with E-state index in [1.807, 2.05) is 24.3 Å². The third-order valence-corrected chi connectivity index (χ3v) is 3.50. The smallest absolute Gasteiger partial charge is 0.244 e. The molecule has 0 radical (unpaired) electrons. The van der Waals surface area contributed by atoms with E-state index in [2.05, 4.69) is 5.32 Å². The summed E-state index contributed by atoms with van der Waals surface area (Å²) in [5.41, 5.74) is 1.13. The Hall–Kier alpha value is -1.55. The van der Waals surface area contributed by atoms with Crippen LogP contribution in [0, 0.1) is 0 Å². The van der Waals surface area contributed by atoms with Gasteiger partial charge in [0.05, 0.1) is 0 Å². The number of halogens is 1. The first kappa shape index (κ1) is 13.9. The zero-order chi connectivity index (χ0) is 13.8. The van der Waals surface area contributed by atoms with E-state index in [1.54, 1.807) is 11.8 Å². The average molecular weight is 281 g/mol. The molecule has 2 amide bonds. The monoisotopic (exact) mass is 280 g/mol. The van der Waals surface area contributed by atoms with Gasteiger partial charge in [-0.2, -0.15) is 0 Å². The fraction of sp³-hybridized carbons (Fsp3) is 0.429. The van der Waals surface area contributed by atoms with Crippen molar-refractivity contribution in [2.24, 2.45) is 0 Å². The van der Waals surface area contributed by atoms with Gasteiger partial charge in [-0.3, -0.25) is 9.59 Å². The van der Waals surface area contributed by atoms with Crippen molar-refractivity contribution in [3.05, 3.63) is 34.9 Å². The van der Waals surface area contributed by atoms with E-state index in [4.69, 9.17) is 11.6 Å². The van der Waals surface area contributed by atoms with Crippen molar-refractivity contribution in [1.82, 2.24) is 10.2 Å². The Labute approximate surface area is 117 Å². The molecule has 0 bridgehead atoms. The molecule has 1 aliphatic heterocycles. The van der Waals surface area contributed by atoms with Crippen LogP contribution in [0.5, 0.6) is 0 Å². The van der Waals surface area contributed by atoms with Gasteiger partial charge in [0, 0.05) is 24.5 Å². The molecular weight excluding hydrogens is 264 g/mol. The van der Waals surface area contributed by atoms with Crippen LogP contribution >= 0.6 is 11.6 Å². The standard InChI is InChI=1S/C14H17ClN2O2/c1-10-14(19)17(9-7-13(18)16-10)8-6-11-2-4-12(15)5-3-11/h2-5,10H,6-9H2,1H3,(H,16,18). The van der Waals surface area contributed by atoms with E-state index >= 15 is 0 Å². The number of nitrogens with one attached hydrogen (secondary N) is 1. The minimum absolute atomic E-state index is 0.0141. The van der Waals surface area contributed by atoms with Crippen LogP contribution in [-0.4, -0.2) is 35.8 Å². The second kappa shape index (κ2) is 6.06. The largest absolute Gasteiger partial charge is 0.345 e. The van der Waals surface area contributed by atoms with Crippen molar-refractivity contribution in [2.45, 2.75) is 25.8 Å². The zero-order valence-corrected chi connectivity index (χ0v) is 11.6. The Bertz CT molecular complexity index is 473. The van der Waals surface area contributed by atoms with Gasteiger partial charge >= 0.3 is 0 Å². The molecule has 19 heavy (non-hydrogen) atoms. The summed E-state index contributed by atoms with van der Waals surface area (Å²) < 4.78 is 0. The maximum atomic E-state index is 12.1. The maximum Gasteiger partial charge on any atom is 0.244 e. The summed E-state index contributed by atoms with van der Waals surface area (Å²) in [7, 11) is 0. The Kier molecular flexibility index (Phi) is 4.43. The van der Waals surface area contributed by atoms with Crippen molar-refractivity contribution < 1.29 is 9.59 Å². The van der Waals surface area contributed by atoms with Crippen LogP contribution in [0.1, 0.15) is 18.9 Å². The maximum absolute atomic E-state index is 12.1. The van der Waals surface area contributed by atoms with Gasteiger partial charge in [-0.15, -0.1) is 0 Å². The van der Waals surface area contributed by atoms with Crippen LogP contribution in [0.3, 0.4) is 0 Å². The zero-order valence-electron chi connectivity index (χ0n) is 10.9. The number of hydrogen-bond acceptors (Lipinski definition) is 2. The molecule has 1 aliphatic rings. The topological polar surface area (TPSA) is 49.4 Å². The van der Waals surface area contributed by atoms with E-state index in [-0.39, 0.29) is 11.8 Å². The van der Waals surface area contributed by atoms with Crippen LogP contribution in [0.15, 0.2) is 24.3 Å². The third kappa shape index (κ3) is 3.70. The van der Waals surface area contributed by atoms with E-state index in [1.165, 1.54) is 0 Å². The van der Waals surface area contributed by atoms with E-state index in [9.17, 15) is 9.59 Å². The summed E-state index contributed by atoms with van der Waals surface area (Å²) in [4.78, 5) is 25.2. The molecule has 1 saturated heterocycles. The lowest BCUT2D eigenvalue weighted by atomic mass is 10.1. The number of carbonyl (C=O) groups is 2. The molecule has 2 rings (SSSR count). The second-order valence-electron chi connectivity index (χ2n) is 4.74. The fourth-order valence-electron chi connectivity index (χ4n) is 2.13. The first-order chi connectivity index (χ1) is 9.06. The van der Waals surface area contributed by atoms with Crippen molar-refractivity contribution in [1.29, 1.82) is 0 Å². The molecule has 0 aromatic heterocycles. The Morgan fingerprint density at radius 3 is 2.68 bits per heavy atom. The molecule has 0 spiro atoms. The van der Waals surface area contributed by atoms with Crippen LogP contribution in [0.4, 0.5) is 0 Å². The van der Waals surface area contributed by atoms with Crippen molar-refractivity contribution in [3.63, 3.8) is 0 Å². The lowest BCUT2D eigenvalue weighted by Gasteiger charge is -2.22. The highest BCUT2D eigenvalue weighted by Crippen LogP contribution is 2.11. The summed E-state index contributed by atoms with van der Waals surface area (Å²) in [6.07, 6.45) is 1.14. The van der Waals surface area contributed by atoms with E-state index < -0.39 is 6.04 Å². The first-order valence-corrected chi connectivity index (χ1v) is 6.76. The van der Waals surface area contributed by atoms with Gasteiger partial charge in [-0.1, -0.05) is 23.7 Å². The van der Waals surface area contributed by atoms with Gasteiger partial charge in [0.15, 0.2) is 0 Å². The Morgan fingerprint density at radius 1 is 1.32 bits per heavy atom. The van der Waals surface area contributed by atoms with Crippen LogP contribution in [0.25, 0.3) is 0 Å². The summed E-state index contributed by atoms with van der Waals surface area (Å²) in [6, 6.07) is 7.17. The molecule has 4 nitrogen and oxygen atoms in total. The molecule has 0 aliphatic carbocycles. The van der Waals surface area contributed by atoms with Gasteiger partial charge in [0.25, 0.3) is 0 Å². The van der Waals surface area contributed by atoms with Crippen molar-refractivity contribution in [3.8, 4) is 0 Å². The Balaban J connectivity index is 1.96. The van der Waals surface area contributed by atoms with E-state index in [0.29, 0.717) is 24.5 Å². The molecule has 1 heterocycles. The molecule has 1 fully saturated rings. The molecule has 1 N–H and O–H groups in total. The Morgan fingerprint density at radius 2 is 2.00 bits per heavy atom. The number of benzene rings is 1. The molecule has 5 heteroatoms.